The second-order valence-corrected chi connectivity index (χ2v) is 5.98. The summed E-state index contributed by atoms with van der Waals surface area (Å²) in [7, 11) is 5.65. The van der Waals surface area contributed by atoms with Gasteiger partial charge in [-0.15, -0.1) is 0 Å². The Kier molecular flexibility index (Phi) is 4.67. The summed E-state index contributed by atoms with van der Waals surface area (Å²) >= 11 is 0. The molecule has 0 aromatic carbocycles. The van der Waals surface area contributed by atoms with Gasteiger partial charge >= 0.3 is 0 Å². The third-order valence-electron chi connectivity index (χ3n) is 3.99. The highest BCUT2D eigenvalue weighted by molar-refractivity contribution is 5.31. The molecule has 1 aliphatic rings. The maximum atomic E-state index is 11.0. The highest BCUT2D eigenvalue weighted by Crippen LogP contribution is 2.40. The van der Waals surface area contributed by atoms with Crippen molar-refractivity contribution in [3.63, 3.8) is 0 Å². The Labute approximate surface area is 120 Å². The van der Waals surface area contributed by atoms with Crippen LogP contribution >= 0.6 is 0 Å². The smallest absolute Gasteiger partial charge is 0.162 e. The van der Waals surface area contributed by atoms with E-state index in [-0.39, 0.29) is 6.04 Å². The molecule has 0 aliphatic heterocycles. The minimum Gasteiger partial charge on any atom is -0.493 e. The van der Waals surface area contributed by atoms with Gasteiger partial charge in [-0.2, -0.15) is 5.10 Å². The van der Waals surface area contributed by atoms with E-state index in [0.717, 1.165) is 31.6 Å². The Balaban J connectivity index is 2.29. The van der Waals surface area contributed by atoms with Crippen LogP contribution in [0.5, 0.6) is 5.75 Å². The third kappa shape index (κ3) is 3.13. The molecule has 1 aromatic rings. The molecule has 2 rings (SSSR count). The zero-order valence-corrected chi connectivity index (χ0v) is 12.7. The maximum Gasteiger partial charge on any atom is 0.162 e. The first kappa shape index (κ1) is 15.3. The molecule has 1 heterocycles. The molecule has 1 fully saturated rings. The normalized spacial score (nSPS) is 27.0. The Morgan fingerprint density at radius 1 is 1.60 bits per heavy atom. The molecule has 1 aliphatic carbocycles. The Bertz CT molecular complexity index is 446. The molecule has 114 valence electrons. The van der Waals surface area contributed by atoms with E-state index in [1.54, 1.807) is 13.3 Å². The first-order valence-electron chi connectivity index (χ1n) is 7.19. The van der Waals surface area contributed by atoms with Crippen LogP contribution < -0.4 is 10.5 Å². The maximum absolute atomic E-state index is 11.0. The number of rotatable bonds is 5. The van der Waals surface area contributed by atoms with Crippen molar-refractivity contribution in [1.29, 1.82) is 0 Å². The van der Waals surface area contributed by atoms with Crippen molar-refractivity contribution in [2.24, 2.45) is 5.73 Å². The summed E-state index contributed by atoms with van der Waals surface area (Å²) in [5.41, 5.74) is 5.89. The fourth-order valence-corrected chi connectivity index (χ4v) is 2.96. The summed E-state index contributed by atoms with van der Waals surface area (Å²) in [6.45, 7) is 1.59. The molecule has 0 radical (unpaired) electrons. The Morgan fingerprint density at radius 2 is 2.35 bits per heavy atom. The minimum absolute atomic E-state index is 0.0376. The quantitative estimate of drug-likeness (QED) is 0.824. The molecule has 2 unspecified atom stereocenters. The largest absolute Gasteiger partial charge is 0.493 e. The van der Waals surface area contributed by atoms with Crippen LogP contribution in [0, 0.1) is 0 Å². The number of nitrogens with two attached hydrogens (primary N) is 1. The van der Waals surface area contributed by atoms with Gasteiger partial charge in [0.2, 0.25) is 0 Å². The number of likely N-dealkylation sites (N-methyl/N-ethyl adjacent to an activating group) is 1. The monoisotopic (exact) mass is 282 g/mol. The van der Waals surface area contributed by atoms with Crippen LogP contribution in [0.3, 0.4) is 0 Å². The van der Waals surface area contributed by atoms with Gasteiger partial charge < -0.3 is 20.5 Å². The fraction of sp³-hybridized carbons (Fsp3) is 0.786. The van der Waals surface area contributed by atoms with Crippen molar-refractivity contribution in [2.45, 2.75) is 43.9 Å². The predicted octanol–water partition coefficient (Wildman–Crippen LogP) is 0.542. The minimum atomic E-state index is -0.925. The van der Waals surface area contributed by atoms with Crippen LogP contribution in [0.25, 0.3) is 0 Å². The predicted molar refractivity (Wildman–Crippen MR) is 77.7 cm³/mol. The fourth-order valence-electron chi connectivity index (χ4n) is 2.96. The second kappa shape index (κ2) is 6.11. The lowest BCUT2D eigenvalue weighted by atomic mass is 9.79. The Morgan fingerprint density at radius 3 is 2.95 bits per heavy atom. The van der Waals surface area contributed by atoms with Gasteiger partial charge in [0.1, 0.15) is 11.3 Å². The van der Waals surface area contributed by atoms with Crippen LogP contribution in [-0.4, -0.2) is 53.6 Å². The van der Waals surface area contributed by atoms with Gasteiger partial charge in [0.05, 0.1) is 19.9 Å². The lowest BCUT2D eigenvalue weighted by molar-refractivity contribution is -0.0171. The SMILES string of the molecule is COc1cnn(CCN(C)C)c1C1(O)CCCC(N)C1. The van der Waals surface area contributed by atoms with E-state index in [9.17, 15) is 5.11 Å². The molecule has 0 spiro atoms. The third-order valence-corrected chi connectivity index (χ3v) is 3.99. The zero-order chi connectivity index (χ0) is 14.8. The van der Waals surface area contributed by atoms with Gasteiger partial charge in [-0.05, 0) is 39.8 Å². The van der Waals surface area contributed by atoms with Crippen molar-refractivity contribution in [3.8, 4) is 5.75 Å². The first-order valence-corrected chi connectivity index (χ1v) is 7.19. The highest BCUT2D eigenvalue weighted by Gasteiger charge is 2.40. The molecule has 2 atom stereocenters. The van der Waals surface area contributed by atoms with Crippen LogP contribution in [0.15, 0.2) is 6.20 Å². The number of hydrogen-bond donors (Lipinski definition) is 2. The highest BCUT2D eigenvalue weighted by atomic mass is 16.5. The lowest BCUT2D eigenvalue weighted by Crippen LogP contribution is -2.41. The van der Waals surface area contributed by atoms with E-state index >= 15 is 0 Å². The number of hydrogen-bond acceptors (Lipinski definition) is 5. The van der Waals surface area contributed by atoms with Crippen LogP contribution in [0.1, 0.15) is 31.4 Å². The molecular formula is C14H26N4O2. The summed E-state index contributed by atoms with van der Waals surface area (Å²) in [6.07, 6.45) is 4.86. The van der Waals surface area contributed by atoms with Crippen molar-refractivity contribution >= 4 is 0 Å². The molecule has 0 amide bonds. The summed E-state index contributed by atoms with van der Waals surface area (Å²) < 4.78 is 7.25. The van der Waals surface area contributed by atoms with Gasteiger partial charge in [-0.3, -0.25) is 4.68 Å². The molecule has 3 N–H and O–H groups in total. The summed E-state index contributed by atoms with van der Waals surface area (Å²) in [4.78, 5) is 2.09. The summed E-state index contributed by atoms with van der Waals surface area (Å²) in [5.74, 6) is 0.653. The molecule has 0 bridgehead atoms. The average molecular weight is 282 g/mol. The molecule has 20 heavy (non-hydrogen) atoms. The van der Waals surface area contributed by atoms with E-state index in [1.807, 2.05) is 18.8 Å². The molecular weight excluding hydrogens is 256 g/mol. The number of aliphatic hydroxyl groups is 1. The number of nitrogens with zero attached hydrogens (tertiary/aromatic N) is 3. The number of ether oxygens (including phenoxy) is 1. The molecule has 0 saturated heterocycles. The van der Waals surface area contributed by atoms with Crippen molar-refractivity contribution in [2.75, 3.05) is 27.7 Å². The van der Waals surface area contributed by atoms with Gasteiger partial charge in [0, 0.05) is 12.6 Å². The lowest BCUT2D eigenvalue weighted by Gasteiger charge is -2.36. The molecule has 1 aromatic heterocycles. The van der Waals surface area contributed by atoms with Crippen LogP contribution in [0.2, 0.25) is 0 Å². The molecule has 1 saturated carbocycles. The van der Waals surface area contributed by atoms with Crippen molar-refractivity contribution in [1.82, 2.24) is 14.7 Å². The zero-order valence-electron chi connectivity index (χ0n) is 12.7. The number of methoxy groups -OCH3 is 1. The van der Waals surface area contributed by atoms with Gasteiger partial charge in [-0.1, -0.05) is 0 Å². The van der Waals surface area contributed by atoms with E-state index in [0.29, 0.717) is 18.6 Å². The van der Waals surface area contributed by atoms with Gasteiger partial charge in [-0.25, -0.2) is 0 Å². The average Bonchev–Trinajstić information content (AvgIpc) is 2.79. The second-order valence-electron chi connectivity index (χ2n) is 5.98. The van der Waals surface area contributed by atoms with Gasteiger partial charge in [0.15, 0.2) is 5.75 Å². The van der Waals surface area contributed by atoms with Crippen molar-refractivity contribution in [3.05, 3.63) is 11.9 Å². The topological polar surface area (TPSA) is 76.5 Å². The van der Waals surface area contributed by atoms with Gasteiger partial charge in [0.25, 0.3) is 0 Å². The van der Waals surface area contributed by atoms with E-state index in [2.05, 4.69) is 10.00 Å². The van der Waals surface area contributed by atoms with Crippen molar-refractivity contribution < 1.29 is 9.84 Å². The first-order chi connectivity index (χ1) is 9.46. The summed E-state index contributed by atoms with van der Waals surface area (Å²) in [5, 5.41) is 15.4. The standard InChI is InChI=1S/C14H26N4O2/c1-17(2)7-8-18-13(12(20-3)10-16-18)14(19)6-4-5-11(15)9-14/h10-11,19H,4-9,15H2,1-3H3. The van der Waals surface area contributed by atoms with E-state index in [4.69, 9.17) is 10.5 Å². The van der Waals surface area contributed by atoms with E-state index in [1.165, 1.54) is 0 Å². The van der Waals surface area contributed by atoms with Crippen LogP contribution in [0.4, 0.5) is 0 Å². The molecule has 6 nitrogen and oxygen atoms in total. The number of aromatic nitrogens is 2. The van der Waals surface area contributed by atoms with E-state index < -0.39 is 5.60 Å². The Hall–Kier alpha value is -1.11. The molecule has 6 heteroatoms. The van der Waals surface area contributed by atoms with Crippen LogP contribution in [-0.2, 0) is 12.1 Å². The summed E-state index contributed by atoms with van der Waals surface area (Å²) in [6, 6.07) is 0.0376.